The third-order valence-electron chi connectivity index (χ3n) is 6.02. The highest BCUT2D eigenvalue weighted by Gasteiger charge is 2.31. The van der Waals surface area contributed by atoms with Crippen molar-refractivity contribution in [1.82, 2.24) is 4.57 Å². The smallest absolute Gasteiger partial charge is 0.337 e. The highest BCUT2D eigenvalue weighted by Crippen LogP contribution is 2.35. The predicted octanol–water partition coefficient (Wildman–Crippen LogP) is 4.84. The third kappa shape index (κ3) is 5.35. The average Bonchev–Trinajstić information content (AvgIpc) is 3.53. The summed E-state index contributed by atoms with van der Waals surface area (Å²) in [6.45, 7) is 4.66. The number of esters is 1. The van der Waals surface area contributed by atoms with Crippen molar-refractivity contribution in [2.45, 2.75) is 19.9 Å². The quantitative estimate of drug-likeness (QED) is 0.266. The number of carbonyl (C=O) groups is 1. The Morgan fingerprint density at radius 3 is 2.64 bits per heavy atom. The molecule has 0 spiro atoms. The van der Waals surface area contributed by atoms with E-state index in [1.165, 1.54) is 29.2 Å². The Morgan fingerprint density at radius 1 is 1.10 bits per heavy atom. The zero-order valence-electron chi connectivity index (χ0n) is 21.5. The van der Waals surface area contributed by atoms with E-state index < -0.39 is 12.0 Å². The van der Waals surface area contributed by atoms with Gasteiger partial charge in [-0.1, -0.05) is 45.5 Å². The van der Waals surface area contributed by atoms with Gasteiger partial charge in [0.15, 0.2) is 16.3 Å². The van der Waals surface area contributed by atoms with Crippen LogP contribution < -0.4 is 24.4 Å². The van der Waals surface area contributed by atoms with E-state index in [9.17, 15) is 9.59 Å². The summed E-state index contributed by atoms with van der Waals surface area (Å²) in [5.41, 5.74) is 1.51. The van der Waals surface area contributed by atoms with Gasteiger partial charge in [-0.3, -0.25) is 9.36 Å². The number of carbonyl (C=O) groups excluding carboxylic acids is 1. The van der Waals surface area contributed by atoms with Crippen LogP contribution in [0.5, 0.6) is 11.5 Å². The molecule has 5 rings (SSSR count). The molecule has 0 amide bonds. The zero-order valence-corrected chi connectivity index (χ0v) is 23.9. The Balaban J connectivity index is 1.61. The van der Waals surface area contributed by atoms with Crippen LogP contribution in [0.15, 0.2) is 85.0 Å². The molecule has 4 aromatic rings. The van der Waals surface area contributed by atoms with E-state index in [-0.39, 0.29) is 11.1 Å². The van der Waals surface area contributed by atoms with E-state index in [0.29, 0.717) is 51.1 Å². The van der Waals surface area contributed by atoms with Crippen molar-refractivity contribution < 1.29 is 23.4 Å². The molecule has 200 valence electrons. The Bertz CT molecular complexity index is 1750. The van der Waals surface area contributed by atoms with E-state index in [1.807, 2.05) is 56.3 Å². The number of thiazole rings is 1. The zero-order chi connectivity index (χ0) is 27.5. The lowest BCUT2D eigenvalue weighted by molar-refractivity contribution is -0.136. The minimum absolute atomic E-state index is 0.234. The fraction of sp³-hybridized carbons (Fsp3) is 0.207. The molecule has 0 fully saturated rings. The number of hydrogen-bond acceptors (Lipinski definition) is 8. The van der Waals surface area contributed by atoms with Crippen LogP contribution in [0.4, 0.5) is 0 Å². The van der Waals surface area contributed by atoms with Gasteiger partial charge < -0.3 is 18.6 Å². The largest absolute Gasteiger partial charge is 0.490 e. The first kappa shape index (κ1) is 26.7. The van der Waals surface area contributed by atoms with Crippen LogP contribution >= 0.6 is 27.3 Å². The summed E-state index contributed by atoms with van der Waals surface area (Å²) in [4.78, 5) is 31.4. The van der Waals surface area contributed by atoms with Crippen LogP contribution in [-0.4, -0.2) is 30.9 Å². The Labute approximate surface area is 236 Å². The lowest BCUT2D eigenvalue weighted by Gasteiger charge is -2.23. The summed E-state index contributed by atoms with van der Waals surface area (Å²) < 4.78 is 25.4. The van der Waals surface area contributed by atoms with E-state index in [4.69, 9.17) is 18.6 Å². The first-order chi connectivity index (χ1) is 18.9. The van der Waals surface area contributed by atoms with Crippen LogP contribution in [0.3, 0.4) is 0 Å². The van der Waals surface area contributed by atoms with Crippen LogP contribution in [0.1, 0.15) is 31.2 Å². The number of hydrogen-bond donors (Lipinski definition) is 0. The maximum Gasteiger partial charge on any atom is 0.337 e. The maximum absolute atomic E-state index is 13.8. The molecule has 0 unspecified atom stereocenters. The molecule has 1 aliphatic heterocycles. The number of rotatable bonds is 8. The molecule has 0 bridgehead atoms. The molecule has 1 atom stereocenters. The van der Waals surface area contributed by atoms with Crippen molar-refractivity contribution in [1.29, 1.82) is 0 Å². The van der Waals surface area contributed by atoms with Crippen LogP contribution in [0, 0.1) is 0 Å². The molecular weight excluding hydrogens is 584 g/mol. The summed E-state index contributed by atoms with van der Waals surface area (Å²) in [6, 6.07) is 16.1. The van der Waals surface area contributed by atoms with Crippen molar-refractivity contribution in [3.8, 4) is 22.8 Å². The number of nitrogens with zero attached hydrogens (tertiary/aromatic N) is 2. The topological polar surface area (TPSA) is 92.3 Å². The lowest BCUT2D eigenvalue weighted by atomic mass is 9.97. The van der Waals surface area contributed by atoms with E-state index in [2.05, 4.69) is 20.9 Å². The number of ether oxygens (including phenoxy) is 3. The molecule has 2 aromatic carbocycles. The Hall–Kier alpha value is -3.89. The van der Waals surface area contributed by atoms with E-state index in [0.717, 1.165) is 10.0 Å². The monoisotopic (exact) mass is 608 g/mol. The van der Waals surface area contributed by atoms with E-state index >= 15 is 0 Å². The number of fused-ring (bicyclic) bond motifs is 1. The molecule has 1 aliphatic rings. The van der Waals surface area contributed by atoms with Crippen LogP contribution in [-0.2, 0) is 9.53 Å². The van der Waals surface area contributed by atoms with Gasteiger partial charge in [0.1, 0.15) is 11.5 Å². The van der Waals surface area contributed by atoms with Gasteiger partial charge in [-0.2, -0.15) is 0 Å². The summed E-state index contributed by atoms with van der Waals surface area (Å²) in [7, 11) is 1.30. The van der Waals surface area contributed by atoms with Gasteiger partial charge in [0, 0.05) is 22.3 Å². The molecule has 0 saturated heterocycles. The number of furan rings is 1. The van der Waals surface area contributed by atoms with Gasteiger partial charge in [-0.25, -0.2) is 9.79 Å². The van der Waals surface area contributed by atoms with Gasteiger partial charge >= 0.3 is 5.97 Å². The predicted molar refractivity (Wildman–Crippen MR) is 152 cm³/mol. The van der Waals surface area contributed by atoms with Gasteiger partial charge in [0.05, 0.1) is 36.5 Å². The van der Waals surface area contributed by atoms with Crippen molar-refractivity contribution in [3.63, 3.8) is 0 Å². The second kappa shape index (κ2) is 11.5. The SMILES string of the molecule is CCOc1ccc([C@@H]2C(C(=O)OC)=CN=c3s/c(=C/c4ccc(-c5cccc(Br)c5)o4)c(=O)n32)cc1OCC. The standard InChI is InChI=1S/C29H25BrN2O6S/c1-4-36-23-11-9-18(14-24(23)37-5-2)26-21(28(34)35-3)16-31-29-32(26)27(33)25(39-29)15-20-10-12-22(38-20)17-7-6-8-19(30)13-17/h6-16,26H,4-5H2,1-3H3/b25-15+/t26-/m1/s1. The van der Waals surface area contributed by atoms with Crippen molar-refractivity contribution in [2.75, 3.05) is 20.3 Å². The van der Waals surface area contributed by atoms with Crippen LogP contribution in [0.25, 0.3) is 17.4 Å². The number of methoxy groups -OCH3 is 1. The van der Waals surface area contributed by atoms with Crippen molar-refractivity contribution in [2.24, 2.45) is 4.99 Å². The van der Waals surface area contributed by atoms with Gasteiger partial charge in [0.25, 0.3) is 5.56 Å². The van der Waals surface area contributed by atoms with Gasteiger partial charge in [-0.15, -0.1) is 0 Å². The van der Waals surface area contributed by atoms with E-state index in [1.54, 1.807) is 18.2 Å². The molecule has 0 N–H and O–H groups in total. The highest BCUT2D eigenvalue weighted by atomic mass is 79.9. The van der Waals surface area contributed by atoms with Crippen molar-refractivity contribution in [3.05, 3.63) is 102 Å². The number of aromatic nitrogens is 1. The first-order valence-electron chi connectivity index (χ1n) is 12.3. The highest BCUT2D eigenvalue weighted by molar-refractivity contribution is 9.10. The minimum Gasteiger partial charge on any atom is -0.490 e. The second-order valence-electron chi connectivity index (χ2n) is 8.46. The maximum atomic E-state index is 13.8. The third-order valence-corrected chi connectivity index (χ3v) is 7.51. The lowest BCUT2D eigenvalue weighted by Crippen LogP contribution is -2.39. The summed E-state index contributed by atoms with van der Waals surface area (Å²) in [5.74, 6) is 1.74. The summed E-state index contributed by atoms with van der Waals surface area (Å²) in [5, 5.41) is 0. The average molecular weight is 609 g/mol. The fourth-order valence-corrected chi connectivity index (χ4v) is 5.69. The molecule has 3 heterocycles. The Kier molecular flexibility index (Phi) is 7.85. The molecule has 10 heteroatoms. The summed E-state index contributed by atoms with van der Waals surface area (Å²) in [6.07, 6.45) is 3.15. The fourth-order valence-electron chi connectivity index (χ4n) is 4.34. The molecule has 39 heavy (non-hydrogen) atoms. The van der Waals surface area contributed by atoms with Crippen LogP contribution in [0.2, 0.25) is 0 Å². The van der Waals surface area contributed by atoms with Gasteiger partial charge in [0.2, 0.25) is 0 Å². The molecular formula is C29H25BrN2O6S. The minimum atomic E-state index is -0.764. The molecule has 0 saturated carbocycles. The Morgan fingerprint density at radius 2 is 1.90 bits per heavy atom. The van der Waals surface area contributed by atoms with Crippen molar-refractivity contribution >= 4 is 39.3 Å². The summed E-state index contributed by atoms with van der Waals surface area (Å²) >= 11 is 4.69. The van der Waals surface area contributed by atoms with Gasteiger partial charge in [-0.05, 0) is 55.8 Å². The normalized spacial score (nSPS) is 14.8. The molecule has 8 nitrogen and oxygen atoms in total. The molecule has 0 aliphatic carbocycles. The first-order valence-corrected chi connectivity index (χ1v) is 13.9. The molecule has 0 radical (unpaired) electrons. The molecule has 2 aromatic heterocycles. The number of halogens is 1. The second-order valence-corrected chi connectivity index (χ2v) is 10.4. The number of benzene rings is 2.